The molecule has 2 aromatic rings. The lowest BCUT2D eigenvalue weighted by molar-refractivity contribution is -0.763. The van der Waals surface area contributed by atoms with Crippen LogP contribution >= 0.6 is 0 Å². The minimum Gasteiger partial charge on any atom is -0.493 e. The zero-order valence-corrected chi connectivity index (χ0v) is 21.4. The van der Waals surface area contributed by atoms with Crippen LogP contribution < -0.4 is 10.1 Å². The molecule has 0 aliphatic heterocycles. The van der Waals surface area contributed by atoms with E-state index >= 15 is 0 Å². The Kier molecular flexibility index (Phi) is 15.5. The molecule has 0 amide bonds. The van der Waals surface area contributed by atoms with E-state index in [9.17, 15) is 10.1 Å². The van der Waals surface area contributed by atoms with Crippen molar-refractivity contribution in [2.24, 2.45) is 0 Å². The number of nitrogens with one attached hydrogen (secondary N) is 1. The van der Waals surface area contributed by atoms with Gasteiger partial charge in [0.25, 0.3) is 11.6 Å². The Morgan fingerprint density at radius 1 is 0.972 bits per heavy atom. The Balaban J connectivity index is 0.00000205. The molecule has 200 valence electrons. The van der Waals surface area contributed by atoms with Crippen LogP contribution in [0.2, 0.25) is 0 Å². The number of nitrogens with zero attached hydrogens (tertiary/aromatic N) is 1. The second-order valence-corrected chi connectivity index (χ2v) is 8.53. The highest BCUT2D eigenvalue weighted by Crippen LogP contribution is 2.20. The molecule has 0 aromatic heterocycles. The molecule has 0 bridgehead atoms. The molecule has 0 aliphatic rings. The van der Waals surface area contributed by atoms with Crippen LogP contribution in [-0.4, -0.2) is 55.2 Å². The topological polar surface area (TPSA) is 129 Å². The average molecular weight is 507 g/mol. The first-order valence-electron chi connectivity index (χ1n) is 11.8. The third-order valence-electron chi connectivity index (χ3n) is 4.88. The van der Waals surface area contributed by atoms with E-state index in [1.807, 2.05) is 62.4 Å². The van der Waals surface area contributed by atoms with Gasteiger partial charge in [-0.1, -0.05) is 50.2 Å². The summed E-state index contributed by atoms with van der Waals surface area (Å²) >= 11 is 0. The second-order valence-electron chi connectivity index (χ2n) is 8.53. The fraction of sp³-hybridized carbons (Fsp3) is 0.500. The Morgan fingerprint density at radius 3 is 2.11 bits per heavy atom. The van der Waals surface area contributed by atoms with Gasteiger partial charge in [0.2, 0.25) is 0 Å². The standard InChI is InChI=1S/C25H36N2O6.CH2O2/c1-19(2)26-15-24(23-9-5-22(6-10-23)17-33-27(28)29)18-32-25-11-7-21(8-12-25)16-30-13-14-31-20(3)4;2-1-3/h5-12,19-20,24,26H,13-18H2,1-4H3;1H,(H,2,3). The van der Waals surface area contributed by atoms with E-state index in [2.05, 4.69) is 24.0 Å². The third-order valence-corrected chi connectivity index (χ3v) is 4.88. The van der Waals surface area contributed by atoms with E-state index in [0.717, 1.165) is 29.0 Å². The second kappa shape index (κ2) is 18.1. The Bertz CT molecular complexity index is 857. The van der Waals surface area contributed by atoms with Gasteiger partial charge in [0, 0.05) is 18.5 Å². The van der Waals surface area contributed by atoms with Crippen molar-refractivity contribution in [3.63, 3.8) is 0 Å². The van der Waals surface area contributed by atoms with E-state index in [4.69, 9.17) is 24.1 Å². The molecule has 0 fully saturated rings. The summed E-state index contributed by atoms with van der Waals surface area (Å²) in [7, 11) is 0. The normalized spacial score (nSPS) is 11.5. The van der Waals surface area contributed by atoms with Gasteiger partial charge >= 0.3 is 0 Å². The lowest BCUT2D eigenvalue weighted by atomic mass is 9.98. The van der Waals surface area contributed by atoms with Gasteiger partial charge in [0.1, 0.15) is 12.4 Å². The predicted octanol–water partition coefficient (Wildman–Crippen LogP) is 4.20. The maximum atomic E-state index is 10.4. The molecule has 36 heavy (non-hydrogen) atoms. The summed E-state index contributed by atoms with van der Waals surface area (Å²) in [6, 6.07) is 15.9. The summed E-state index contributed by atoms with van der Waals surface area (Å²) in [5.41, 5.74) is 2.93. The van der Waals surface area contributed by atoms with Crippen LogP contribution in [0, 0.1) is 10.1 Å². The average Bonchev–Trinajstić information content (AvgIpc) is 2.84. The molecule has 0 heterocycles. The summed E-state index contributed by atoms with van der Waals surface area (Å²) < 4.78 is 17.2. The molecule has 2 rings (SSSR count). The van der Waals surface area contributed by atoms with Crippen LogP contribution in [0.5, 0.6) is 5.75 Å². The molecular weight excluding hydrogens is 468 g/mol. The number of hydrogen-bond acceptors (Lipinski definition) is 8. The molecule has 1 atom stereocenters. The number of carboxylic acid groups (broad SMARTS) is 1. The van der Waals surface area contributed by atoms with Crippen molar-refractivity contribution in [3.8, 4) is 5.75 Å². The van der Waals surface area contributed by atoms with Gasteiger partial charge in [-0.25, -0.2) is 0 Å². The Morgan fingerprint density at radius 2 is 1.56 bits per heavy atom. The molecular formula is C26H38N2O8. The maximum absolute atomic E-state index is 10.4. The summed E-state index contributed by atoms with van der Waals surface area (Å²) in [5.74, 6) is 0.925. The van der Waals surface area contributed by atoms with Crippen LogP contribution in [0.3, 0.4) is 0 Å². The highest BCUT2D eigenvalue weighted by atomic mass is 16.9. The van der Waals surface area contributed by atoms with Crippen molar-refractivity contribution in [2.75, 3.05) is 26.4 Å². The van der Waals surface area contributed by atoms with Crippen LogP contribution in [-0.2, 0) is 32.3 Å². The minimum atomic E-state index is -0.782. The third kappa shape index (κ3) is 14.2. The highest BCUT2D eigenvalue weighted by Gasteiger charge is 2.14. The van der Waals surface area contributed by atoms with E-state index in [-0.39, 0.29) is 25.1 Å². The Hall–Kier alpha value is -3.21. The lowest BCUT2D eigenvalue weighted by Crippen LogP contribution is -2.30. The molecule has 10 heteroatoms. The first kappa shape index (κ1) is 30.8. The van der Waals surface area contributed by atoms with Gasteiger partial charge in [0.15, 0.2) is 0 Å². The van der Waals surface area contributed by atoms with E-state index in [0.29, 0.717) is 32.5 Å². The summed E-state index contributed by atoms with van der Waals surface area (Å²) in [4.78, 5) is 23.2. The van der Waals surface area contributed by atoms with E-state index < -0.39 is 5.09 Å². The largest absolute Gasteiger partial charge is 0.493 e. The van der Waals surface area contributed by atoms with Crippen LogP contribution in [0.4, 0.5) is 0 Å². The Labute approximate surface area is 212 Å². The molecule has 0 saturated heterocycles. The van der Waals surface area contributed by atoms with Crippen molar-refractivity contribution in [2.45, 2.75) is 59.0 Å². The molecule has 2 aromatic carbocycles. The molecule has 0 saturated carbocycles. The van der Waals surface area contributed by atoms with Gasteiger partial charge in [-0.2, -0.15) is 0 Å². The monoisotopic (exact) mass is 506 g/mol. The molecule has 1 unspecified atom stereocenters. The molecule has 0 aliphatic carbocycles. The van der Waals surface area contributed by atoms with Gasteiger partial charge in [-0.3, -0.25) is 4.79 Å². The molecule has 10 nitrogen and oxygen atoms in total. The molecule has 0 radical (unpaired) electrons. The zero-order valence-electron chi connectivity index (χ0n) is 21.4. The van der Waals surface area contributed by atoms with Gasteiger partial charge < -0.3 is 29.5 Å². The lowest BCUT2D eigenvalue weighted by Gasteiger charge is -2.21. The highest BCUT2D eigenvalue weighted by molar-refractivity contribution is 5.32. The number of carbonyl (C=O) groups is 1. The summed E-state index contributed by atoms with van der Waals surface area (Å²) in [5, 5.41) is 20.0. The van der Waals surface area contributed by atoms with E-state index in [1.165, 1.54) is 0 Å². The van der Waals surface area contributed by atoms with Crippen molar-refractivity contribution in [1.29, 1.82) is 0 Å². The first-order chi connectivity index (χ1) is 17.2. The molecule has 0 spiro atoms. The number of ether oxygens (including phenoxy) is 3. The quantitative estimate of drug-likeness (QED) is 0.149. The van der Waals surface area contributed by atoms with Crippen molar-refractivity contribution >= 4 is 6.47 Å². The predicted molar refractivity (Wildman–Crippen MR) is 135 cm³/mol. The number of hydrogen-bond donors (Lipinski definition) is 2. The van der Waals surface area contributed by atoms with Crippen molar-refractivity contribution < 1.29 is 34.0 Å². The number of rotatable bonds is 16. The maximum Gasteiger partial charge on any atom is 0.294 e. The smallest absolute Gasteiger partial charge is 0.294 e. The van der Waals surface area contributed by atoms with Gasteiger partial charge in [0.05, 0.1) is 32.5 Å². The summed E-state index contributed by atoms with van der Waals surface area (Å²) in [6.45, 7) is 10.9. The van der Waals surface area contributed by atoms with Crippen LogP contribution in [0.25, 0.3) is 0 Å². The van der Waals surface area contributed by atoms with Crippen LogP contribution in [0.15, 0.2) is 48.5 Å². The van der Waals surface area contributed by atoms with Gasteiger partial charge in [-0.05, 0) is 42.7 Å². The van der Waals surface area contributed by atoms with Gasteiger partial charge in [-0.15, -0.1) is 10.1 Å². The minimum absolute atomic E-state index is 0.0560. The zero-order chi connectivity index (χ0) is 26.8. The van der Waals surface area contributed by atoms with Crippen molar-refractivity contribution in [1.82, 2.24) is 5.32 Å². The van der Waals surface area contributed by atoms with Crippen LogP contribution in [0.1, 0.15) is 50.3 Å². The first-order valence-corrected chi connectivity index (χ1v) is 11.8. The number of benzene rings is 2. The summed E-state index contributed by atoms with van der Waals surface area (Å²) in [6.07, 6.45) is 0.213. The fourth-order valence-electron chi connectivity index (χ4n) is 3.08. The molecule has 2 N–H and O–H groups in total. The van der Waals surface area contributed by atoms with E-state index in [1.54, 1.807) is 0 Å². The fourth-order valence-corrected chi connectivity index (χ4v) is 3.08. The SMILES string of the molecule is CC(C)NCC(COc1ccc(COCCOC(C)C)cc1)c1ccc(CO[N+](=O)[O-])cc1.O=CO. The van der Waals surface area contributed by atoms with Crippen molar-refractivity contribution in [3.05, 3.63) is 75.3 Å².